The van der Waals surface area contributed by atoms with E-state index in [1.807, 2.05) is 12.2 Å². The van der Waals surface area contributed by atoms with Gasteiger partial charge in [0.2, 0.25) is 0 Å². The smallest absolute Gasteiger partial charge is 0.0245 e. The summed E-state index contributed by atoms with van der Waals surface area (Å²) in [5.74, 6) is 5.94. The number of benzene rings is 4. The molecule has 0 radical (unpaired) electrons. The van der Waals surface area contributed by atoms with E-state index in [-0.39, 0.29) is 21.7 Å². The molecule has 4 aliphatic rings. The normalized spacial score (nSPS) is 28.2. The number of hydrogen-bond acceptors (Lipinski definition) is 0. The van der Waals surface area contributed by atoms with Gasteiger partial charge in [0.15, 0.2) is 0 Å². The second-order valence-electron chi connectivity index (χ2n) is 14.7. The Morgan fingerprint density at radius 1 is 0.568 bits per heavy atom. The van der Waals surface area contributed by atoms with Crippen LogP contribution in [0.2, 0.25) is 0 Å². The van der Waals surface area contributed by atoms with Gasteiger partial charge >= 0.3 is 0 Å². The number of terminal acetylenes is 2. The molecule has 4 saturated carbocycles. The fourth-order valence-corrected chi connectivity index (χ4v) is 10.6. The molecule has 0 N–H and O–H groups in total. The highest BCUT2D eigenvalue weighted by Gasteiger charge is 2.66. The summed E-state index contributed by atoms with van der Waals surface area (Å²) in [6, 6.07) is 31.0. The van der Waals surface area contributed by atoms with Crippen LogP contribution in [-0.4, -0.2) is 0 Å². The minimum atomic E-state index is -0.00297. The van der Waals surface area contributed by atoms with Crippen molar-refractivity contribution in [2.45, 2.75) is 63.2 Å². The van der Waals surface area contributed by atoms with Crippen molar-refractivity contribution in [2.75, 3.05) is 0 Å². The summed E-state index contributed by atoms with van der Waals surface area (Å²) in [7, 11) is 0. The molecule has 0 aromatic heterocycles. The van der Waals surface area contributed by atoms with Gasteiger partial charge in [0, 0.05) is 11.1 Å². The van der Waals surface area contributed by atoms with Crippen molar-refractivity contribution in [1.82, 2.24) is 0 Å². The molecule has 4 bridgehead atoms. The topological polar surface area (TPSA) is 0 Å². The third-order valence-corrected chi connectivity index (χ3v) is 11.0. The van der Waals surface area contributed by atoms with E-state index in [0.29, 0.717) is 0 Å². The van der Waals surface area contributed by atoms with Crippen molar-refractivity contribution in [3.05, 3.63) is 131 Å². The van der Waals surface area contributed by atoms with Crippen molar-refractivity contribution >= 4 is 12.2 Å². The lowest BCUT2D eigenvalue weighted by molar-refractivity contribution is -0.126. The van der Waals surface area contributed by atoms with Gasteiger partial charge in [-0.25, -0.2) is 0 Å². The molecule has 0 unspecified atom stereocenters. The quantitative estimate of drug-likeness (QED) is 0.203. The molecular formula is C44H40. The van der Waals surface area contributed by atoms with Crippen LogP contribution in [0, 0.1) is 35.5 Å². The van der Waals surface area contributed by atoms with Gasteiger partial charge < -0.3 is 0 Å². The Bertz CT molecular complexity index is 1760. The number of hydrogen-bond donors (Lipinski definition) is 0. The Morgan fingerprint density at radius 2 is 1.00 bits per heavy atom. The van der Waals surface area contributed by atoms with Crippen LogP contribution in [-0.2, 0) is 10.8 Å². The zero-order chi connectivity index (χ0) is 30.7. The highest BCUT2D eigenvalue weighted by atomic mass is 14.7. The highest BCUT2D eigenvalue weighted by Crippen LogP contribution is 2.75. The first kappa shape index (κ1) is 28.3. The highest BCUT2D eigenvalue weighted by molar-refractivity contribution is 5.75. The first-order valence-electron chi connectivity index (χ1n) is 15.8. The average Bonchev–Trinajstić information content (AvgIpc) is 3.02. The summed E-state index contributed by atoms with van der Waals surface area (Å²) in [5, 5.41) is 0. The lowest BCUT2D eigenvalue weighted by atomic mass is 9.34. The van der Waals surface area contributed by atoms with Gasteiger partial charge in [0.05, 0.1) is 0 Å². The van der Waals surface area contributed by atoms with Crippen LogP contribution in [0.3, 0.4) is 0 Å². The summed E-state index contributed by atoms with van der Waals surface area (Å²) in [5.41, 5.74) is 12.5. The molecule has 4 aliphatic carbocycles. The third-order valence-electron chi connectivity index (χ3n) is 11.0. The van der Waals surface area contributed by atoms with Crippen molar-refractivity contribution in [3.63, 3.8) is 0 Å². The maximum atomic E-state index is 6.06. The van der Waals surface area contributed by atoms with Crippen LogP contribution in [0.4, 0.5) is 0 Å². The van der Waals surface area contributed by atoms with E-state index in [1.54, 1.807) is 0 Å². The van der Waals surface area contributed by atoms with E-state index >= 15 is 0 Å². The lowest BCUT2D eigenvalue weighted by Gasteiger charge is -2.70. The summed E-state index contributed by atoms with van der Waals surface area (Å²) < 4.78 is 0. The van der Waals surface area contributed by atoms with Crippen molar-refractivity contribution < 1.29 is 0 Å². The predicted octanol–water partition coefficient (Wildman–Crippen LogP) is 10.8. The second kappa shape index (κ2) is 10.0. The maximum absolute atomic E-state index is 6.06. The van der Waals surface area contributed by atoms with Gasteiger partial charge in [0.1, 0.15) is 0 Å². The molecule has 4 aromatic rings. The number of rotatable bonds is 6. The predicted molar refractivity (Wildman–Crippen MR) is 187 cm³/mol. The molecule has 8 rings (SSSR count). The lowest BCUT2D eigenvalue weighted by Crippen LogP contribution is -2.63. The molecular weight excluding hydrogens is 528 g/mol. The van der Waals surface area contributed by atoms with Gasteiger partial charge in [-0.2, -0.15) is 0 Å². The monoisotopic (exact) mass is 568 g/mol. The molecule has 44 heavy (non-hydrogen) atoms. The Hall–Kier alpha value is -4.52. The standard InChI is InChI=1S/C44H40/c1-7-31-13-11-15-35(21-31)37-19-17-33(9-3)23-39(37)43-26-41(5)25-42(6,27-43)29-44(28-41,30-43)40-24-34(10-4)18-20-38(40)36-16-12-14-32(8-2)22-36/h3-4,7-8,11-24H,1-2,25-30H2,5-6H3. The van der Waals surface area contributed by atoms with Gasteiger partial charge in [-0.15, -0.1) is 12.8 Å². The van der Waals surface area contributed by atoms with Crippen LogP contribution in [0.25, 0.3) is 34.4 Å². The van der Waals surface area contributed by atoms with Gasteiger partial charge in [-0.1, -0.05) is 99.5 Å². The van der Waals surface area contributed by atoms with Crippen LogP contribution in [0.1, 0.15) is 85.8 Å². The molecule has 0 heteroatoms. The van der Waals surface area contributed by atoms with E-state index < -0.39 is 0 Å². The molecule has 0 amide bonds. The Labute approximate surface area is 264 Å². The largest absolute Gasteiger partial charge is 0.115 e. The van der Waals surface area contributed by atoms with Crippen molar-refractivity contribution in [3.8, 4) is 46.9 Å². The average molecular weight is 569 g/mol. The fourth-order valence-electron chi connectivity index (χ4n) is 10.6. The minimum absolute atomic E-state index is 0.00297. The van der Waals surface area contributed by atoms with E-state index in [4.69, 9.17) is 12.8 Å². The van der Waals surface area contributed by atoms with Crippen LogP contribution in [0.15, 0.2) is 98.1 Å². The Balaban J connectivity index is 1.48. The van der Waals surface area contributed by atoms with E-state index in [2.05, 4.69) is 124 Å². The molecule has 4 fully saturated rings. The Kier molecular flexibility index (Phi) is 6.43. The summed E-state index contributed by atoms with van der Waals surface area (Å²) in [6.07, 6.45) is 23.1. The van der Waals surface area contributed by atoms with E-state index in [9.17, 15) is 0 Å². The van der Waals surface area contributed by atoms with Crippen LogP contribution < -0.4 is 0 Å². The molecule has 0 aliphatic heterocycles. The molecule has 0 saturated heterocycles. The van der Waals surface area contributed by atoms with Gasteiger partial charge in [-0.3, -0.25) is 0 Å². The molecule has 0 nitrogen and oxygen atoms in total. The van der Waals surface area contributed by atoms with Crippen molar-refractivity contribution in [1.29, 1.82) is 0 Å². The third kappa shape index (κ3) is 4.48. The first-order chi connectivity index (χ1) is 21.1. The fraction of sp³-hybridized carbons (Fsp3) is 0.273. The first-order valence-corrected chi connectivity index (χ1v) is 15.8. The van der Waals surface area contributed by atoms with Crippen LogP contribution >= 0.6 is 0 Å². The maximum Gasteiger partial charge on any atom is 0.0245 e. The SMILES string of the molecule is C#Cc1ccc(-c2cccc(C=C)c2)c(C23CC4(C)CC(C)(C2)CC(c2cc(C#C)ccc2-c2cccc(C=C)c2)(C4)C3)c1. The summed E-state index contributed by atoms with van der Waals surface area (Å²) >= 11 is 0. The minimum Gasteiger partial charge on any atom is -0.115 e. The molecule has 0 atom stereocenters. The van der Waals surface area contributed by atoms with E-state index in [0.717, 1.165) is 28.7 Å². The zero-order valence-corrected chi connectivity index (χ0v) is 26.0. The van der Waals surface area contributed by atoms with Crippen molar-refractivity contribution in [2.24, 2.45) is 10.8 Å². The summed E-state index contributed by atoms with van der Waals surface area (Å²) in [4.78, 5) is 0. The van der Waals surface area contributed by atoms with E-state index in [1.165, 1.54) is 65.5 Å². The Morgan fingerprint density at radius 3 is 1.39 bits per heavy atom. The molecule has 0 spiro atoms. The van der Waals surface area contributed by atoms with Crippen LogP contribution in [0.5, 0.6) is 0 Å². The molecule has 0 heterocycles. The summed E-state index contributed by atoms with van der Waals surface area (Å²) in [6.45, 7) is 13.2. The van der Waals surface area contributed by atoms with Gasteiger partial charge in [-0.05, 0) is 141 Å². The molecule has 216 valence electrons. The van der Waals surface area contributed by atoms with Gasteiger partial charge in [0.25, 0.3) is 0 Å². The second-order valence-corrected chi connectivity index (χ2v) is 14.7. The zero-order valence-electron chi connectivity index (χ0n) is 26.0. The molecule has 4 aromatic carbocycles.